The van der Waals surface area contributed by atoms with E-state index >= 15 is 0 Å². The topological polar surface area (TPSA) is 62.6 Å². The maximum atomic E-state index is 8.83. The van der Waals surface area contributed by atoms with Crippen LogP contribution < -0.4 is 10.2 Å². The average Bonchev–Trinajstić information content (AvgIpc) is 2.12. The van der Waals surface area contributed by atoms with Crippen LogP contribution in [0.1, 0.15) is 19.3 Å². The zero-order chi connectivity index (χ0) is 9.97. The summed E-state index contributed by atoms with van der Waals surface area (Å²) >= 11 is 0. The average molecular weight is 193 g/mol. The molecule has 1 aliphatic rings. The molecule has 2 N–H and O–H groups in total. The summed E-state index contributed by atoms with van der Waals surface area (Å²) in [5, 5.41) is 17.7. The third-order valence-electron chi connectivity index (χ3n) is 2.40. The summed E-state index contributed by atoms with van der Waals surface area (Å²) in [4.78, 5) is 3.98. The Balaban J connectivity index is 1.98. The molecule has 0 amide bonds. The van der Waals surface area contributed by atoms with E-state index in [1.165, 1.54) is 12.6 Å². The van der Waals surface area contributed by atoms with Crippen molar-refractivity contribution in [3.8, 4) is 5.88 Å². The van der Waals surface area contributed by atoms with Gasteiger partial charge in [-0.05, 0) is 25.3 Å². The van der Waals surface area contributed by atoms with Gasteiger partial charge in [-0.2, -0.15) is 0 Å². The van der Waals surface area contributed by atoms with Crippen molar-refractivity contribution < 1.29 is 14.8 Å². The zero-order valence-corrected chi connectivity index (χ0v) is 7.76. The van der Waals surface area contributed by atoms with Gasteiger partial charge in [0.05, 0.1) is 0 Å². The smallest absolute Gasteiger partial charge is 0.474 e. The van der Waals surface area contributed by atoms with Crippen LogP contribution in [0.4, 0.5) is 0 Å². The van der Waals surface area contributed by atoms with Crippen molar-refractivity contribution in [3.63, 3.8) is 0 Å². The summed E-state index contributed by atoms with van der Waals surface area (Å²) in [5.41, 5.74) is 0.381. The summed E-state index contributed by atoms with van der Waals surface area (Å²) in [5.74, 6) is 0.555. The van der Waals surface area contributed by atoms with Crippen LogP contribution in [0.15, 0.2) is 18.3 Å². The highest BCUT2D eigenvalue weighted by atomic mass is 16.5. The van der Waals surface area contributed by atoms with Crippen LogP contribution in [-0.4, -0.2) is 28.3 Å². The van der Waals surface area contributed by atoms with Crippen LogP contribution >= 0.6 is 0 Å². The number of aromatic nitrogens is 1. The first-order chi connectivity index (χ1) is 6.75. The lowest BCUT2D eigenvalue weighted by atomic mass is 9.82. The van der Waals surface area contributed by atoms with Gasteiger partial charge < -0.3 is 14.8 Å². The highest BCUT2D eigenvalue weighted by Gasteiger charge is 2.19. The molecule has 0 saturated heterocycles. The molecule has 0 atom stereocenters. The molecular formula is C9H12BNO3. The van der Waals surface area contributed by atoms with Gasteiger partial charge in [-0.3, -0.25) is 0 Å². The molecule has 1 aromatic heterocycles. The number of ether oxygens (including phenoxy) is 1. The van der Waals surface area contributed by atoms with Gasteiger partial charge in [0.1, 0.15) is 6.10 Å². The normalized spacial score (nSPS) is 16.1. The molecule has 14 heavy (non-hydrogen) atoms. The van der Waals surface area contributed by atoms with Gasteiger partial charge in [0.25, 0.3) is 0 Å². The Morgan fingerprint density at radius 1 is 1.36 bits per heavy atom. The van der Waals surface area contributed by atoms with Gasteiger partial charge in [-0.1, -0.05) is 6.07 Å². The molecule has 1 aromatic rings. The molecule has 0 aliphatic heterocycles. The number of nitrogens with zero attached hydrogens (tertiary/aromatic N) is 1. The van der Waals surface area contributed by atoms with Gasteiger partial charge in [-0.25, -0.2) is 4.98 Å². The molecule has 0 radical (unpaired) electrons. The number of hydrogen-bond acceptors (Lipinski definition) is 4. The molecule has 4 nitrogen and oxygen atoms in total. The van der Waals surface area contributed by atoms with Gasteiger partial charge in [-0.15, -0.1) is 0 Å². The first-order valence-electron chi connectivity index (χ1n) is 4.74. The largest absolute Gasteiger partial charge is 0.490 e. The molecule has 0 aromatic carbocycles. The van der Waals surface area contributed by atoms with Crippen molar-refractivity contribution >= 4 is 12.6 Å². The fraction of sp³-hybridized carbons (Fsp3) is 0.444. The van der Waals surface area contributed by atoms with Crippen LogP contribution in [0, 0.1) is 0 Å². The van der Waals surface area contributed by atoms with Gasteiger partial charge >= 0.3 is 7.12 Å². The van der Waals surface area contributed by atoms with Crippen molar-refractivity contribution in [2.75, 3.05) is 0 Å². The predicted octanol–water partition coefficient (Wildman–Crippen LogP) is -0.307. The molecule has 1 saturated carbocycles. The predicted molar refractivity (Wildman–Crippen MR) is 52.3 cm³/mol. The third kappa shape index (κ3) is 2.05. The second-order valence-electron chi connectivity index (χ2n) is 3.47. The molecule has 0 spiro atoms. The first-order valence-corrected chi connectivity index (χ1v) is 4.74. The van der Waals surface area contributed by atoms with E-state index in [-0.39, 0.29) is 0 Å². The van der Waals surface area contributed by atoms with E-state index in [4.69, 9.17) is 14.8 Å². The van der Waals surface area contributed by atoms with E-state index < -0.39 is 7.12 Å². The summed E-state index contributed by atoms with van der Waals surface area (Å²) in [6.45, 7) is 0. The minimum Gasteiger partial charge on any atom is -0.474 e. The minimum atomic E-state index is -1.46. The Morgan fingerprint density at radius 2 is 2.14 bits per heavy atom. The Morgan fingerprint density at radius 3 is 2.57 bits per heavy atom. The first kappa shape index (κ1) is 9.49. The van der Waals surface area contributed by atoms with Crippen molar-refractivity contribution in [2.45, 2.75) is 25.4 Å². The summed E-state index contributed by atoms with van der Waals surface area (Å²) in [6.07, 6.45) is 5.11. The number of rotatable bonds is 3. The fourth-order valence-corrected chi connectivity index (χ4v) is 1.27. The summed E-state index contributed by atoms with van der Waals surface area (Å²) in [6, 6.07) is 3.26. The maximum Gasteiger partial charge on any atom is 0.490 e. The van der Waals surface area contributed by atoms with Crippen LogP contribution in [0.3, 0.4) is 0 Å². The summed E-state index contributed by atoms with van der Waals surface area (Å²) < 4.78 is 5.51. The van der Waals surface area contributed by atoms with Gasteiger partial charge in [0.15, 0.2) is 0 Å². The lowest BCUT2D eigenvalue weighted by Gasteiger charge is -2.25. The van der Waals surface area contributed by atoms with E-state index in [2.05, 4.69) is 4.98 Å². The molecule has 1 fully saturated rings. The Kier molecular flexibility index (Phi) is 2.70. The van der Waals surface area contributed by atoms with E-state index in [0.29, 0.717) is 17.4 Å². The van der Waals surface area contributed by atoms with Crippen LogP contribution in [-0.2, 0) is 0 Å². The van der Waals surface area contributed by atoms with Crippen molar-refractivity contribution in [2.24, 2.45) is 0 Å². The third-order valence-corrected chi connectivity index (χ3v) is 2.40. The second kappa shape index (κ2) is 3.98. The summed E-state index contributed by atoms with van der Waals surface area (Å²) in [7, 11) is -1.46. The van der Waals surface area contributed by atoms with Gasteiger partial charge in [0.2, 0.25) is 5.88 Å². The van der Waals surface area contributed by atoms with Crippen molar-refractivity contribution in [1.82, 2.24) is 4.98 Å². The van der Waals surface area contributed by atoms with E-state index in [0.717, 1.165) is 12.8 Å². The van der Waals surface area contributed by atoms with E-state index in [9.17, 15) is 0 Å². The quantitative estimate of drug-likeness (QED) is 0.646. The van der Waals surface area contributed by atoms with Crippen molar-refractivity contribution in [1.29, 1.82) is 0 Å². The molecule has 0 unspecified atom stereocenters. The molecule has 74 valence electrons. The number of hydrogen-bond donors (Lipinski definition) is 2. The molecule has 5 heteroatoms. The molecule has 1 aliphatic carbocycles. The lowest BCUT2D eigenvalue weighted by molar-refractivity contribution is 0.114. The standard InChI is InChI=1S/C9H12BNO3/c12-10(13)7-4-5-9(11-6-7)14-8-2-1-3-8/h4-6,8,12-13H,1-3H2. The van der Waals surface area contributed by atoms with Gasteiger partial charge in [0, 0.05) is 11.7 Å². The Labute approximate surface area is 82.7 Å². The monoisotopic (exact) mass is 193 g/mol. The Bertz CT molecular complexity index is 297. The highest BCUT2D eigenvalue weighted by Crippen LogP contribution is 2.23. The molecule has 1 heterocycles. The maximum absolute atomic E-state index is 8.83. The van der Waals surface area contributed by atoms with Crippen LogP contribution in [0.2, 0.25) is 0 Å². The van der Waals surface area contributed by atoms with E-state index in [1.807, 2.05) is 0 Å². The Hall–Kier alpha value is -1.07. The lowest BCUT2D eigenvalue weighted by Crippen LogP contribution is -2.30. The SMILES string of the molecule is OB(O)c1ccc(OC2CCC2)nc1. The highest BCUT2D eigenvalue weighted by molar-refractivity contribution is 6.58. The van der Waals surface area contributed by atoms with Crippen LogP contribution in [0.5, 0.6) is 5.88 Å². The molecular weight excluding hydrogens is 181 g/mol. The molecule has 0 bridgehead atoms. The molecule has 2 rings (SSSR count). The van der Waals surface area contributed by atoms with Crippen molar-refractivity contribution in [3.05, 3.63) is 18.3 Å². The second-order valence-corrected chi connectivity index (χ2v) is 3.47. The fourth-order valence-electron chi connectivity index (χ4n) is 1.27. The number of pyridine rings is 1. The van der Waals surface area contributed by atoms with Crippen LogP contribution in [0.25, 0.3) is 0 Å². The zero-order valence-electron chi connectivity index (χ0n) is 7.76. The minimum absolute atomic E-state index is 0.299. The van der Waals surface area contributed by atoms with E-state index in [1.54, 1.807) is 12.1 Å².